The van der Waals surface area contributed by atoms with E-state index in [1.54, 1.807) is 0 Å². The van der Waals surface area contributed by atoms with Crippen molar-refractivity contribution in [3.05, 3.63) is 0 Å². The van der Waals surface area contributed by atoms with Crippen LogP contribution in [-0.4, -0.2) is 77.2 Å². The van der Waals surface area contributed by atoms with Gasteiger partial charge in [0.1, 0.15) is 0 Å². The molecular formula is C31H69BrNNaO4S. The Hall–Kier alpha value is 1.31. The maximum absolute atomic E-state index is 11.8. The molecule has 39 heavy (non-hydrogen) atoms. The van der Waals surface area contributed by atoms with Crippen LogP contribution in [0.4, 0.5) is 0 Å². The summed E-state index contributed by atoms with van der Waals surface area (Å²) in [5, 5.41) is 0. The molecule has 5 nitrogen and oxygen atoms in total. The van der Waals surface area contributed by atoms with Gasteiger partial charge in [-0.25, -0.2) is 8.37 Å². The van der Waals surface area contributed by atoms with E-state index in [1.165, 1.54) is 122 Å². The van der Waals surface area contributed by atoms with Gasteiger partial charge in [-0.1, -0.05) is 155 Å². The standard InChI is InChI=1S/C28H58O4S.C3H9N.BrH.Na.H/c1-3-5-7-9-11-13-15-16-17-18-20-22-24-26-28-32-33(29,30)31-27-25-23-21-19-14-12-10-8-6-4-2;1-4(2)3;;;/h3-28H2,1-2H3;1-3H3;1H;;. The predicted molar refractivity (Wildman–Crippen MR) is 180 cm³/mol. The average Bonchev–Trinajstić information content (AvgIpc) is 2.84. The zero-order valence-electron chi connectivity index (χ0n) is 26.3. The minimum absolute atomic E-state index is 0. The molecule has 0 radical (unpaired) electrons. The van der Waals surface area contributed by atoms with Gasteiger partial charge in [-0.15, -0.1) is 17.0 Å². The van der Waals surface area contributed by atoms with E-state index < -0.39 is 10.4 Å². The number of halogens is 1. The Bertz CT molecular complexity index is 522. The van der Waals surface area contributed by atoms with Gasteiger partial charge in [0, 0.05) is 0 Å². The fourth-order valence-corrected chi connectivity index (χ4v) is 4.95. The average molecular weight is 655 g/mol. The van der Waals surface area contributed by atoms with E-state index in [0.717, 1.165) is 32.1 Å². The van der Waals surface area contributed by atoms with Crippen LogP contribution in [0, 0.1) is 0 Å². The first-order chi connectivity index (χ1) is 17.9. The van der Waals surface area contributed by atoms with Crippen LogP contribution < -0.4 is 0 Å². The van der Waals surface area contributed by atoms with Crippen LogP contribution in [0.15, 0.2) is 0 Å². The molecule has 0 aliphatic carbocycles. The van der Waals surface area contributed by atoms with Crippen molar-refractivity contribution < 1.29 is 16.8 Å². The Kier molecular flexibility index (Phi) is 47.6. The zero-order chi connectivity index (χ0) is 27.9. The number of hydrogen-bond acceptors (Lipinski definition) is 5. The van der Waals surface area contributed by atoms with Crippen molar-refractivity contribution in [2.75, 3.05) is 34.4 Å². The summed E-state index contributed by atoms with van der Waals surface area (Å²) in [6.07, 6.45) is 30.2. The number of rotatable bonds is 28. The van der Waals surface area contributed by atoms with Crippen LogP contribution in [0.2, 0.25) is 0 Å². The summed E-state index contributed by atoms with van der Waals surface area (Å²) in [7, 11) is 2.19. The van der Waals surface area contributed by atoms with Crippen LogP contribution in [0.5, 0.6) is 0 Å². The molecule has 236 valence electrons. The third kappa shape index (κ3) is 49.3. The Morgan fingerprint density at radius 3 is 0.821 bits per heavy atom. The molecule has 0 heterocycles. The van der Waals surface area contributed by atoms with Crippen molar-refractivity contribution in [2.24, 2.45) is 0 Å². The fourth-order valence-electron chi connectivity index (χ4n) is 4.24. The van der Waals surface area contributed by atoms with E-state index in [-0.39, 0.29) is 59.8 Å². The molecule has 0 fully saturated rings. The van der Waals surface area contributed by atoms with E-state index in [9.17, 15) is 8.42 Å². The van der Waals surface area contributed by atoms with Crippen molar-refractivity contribution in [3.63, 3.8) is 0 Å². The van der Waals surface area contributed by atoms with Gasteiger partial charge < -0.3 is 4.90 Å². The Labute approximate surface area is 279 Å². The number of nitrogens with zero attached hydrogens (tertiary/aromatic N) is 1. The first kappa shape index (κ1) is 47.2. The summed E-state index contributed by atoms with van der Waals surface area (Å²) >= 11 is 0. The monoisotopic (exact) mass is 653 g/mol. The summed E-state index contributed by atoms with van der Waals surface area (Å²) in [5.74, 6) is 0. The van der Waals surface area contributed by atoms with Crippen LogP contribution in [0.1, 0.15) is 168 Å². The summed E-state index contributed by atoms with van der Waals surface area (Å²) in [5.41, 5.74) is 0. The van der Waals surface area contributed by atoms with Crippen molar-refractivity contribution in [1.82, 2.24) is 4.90 Å². The predicted octanol–water partition coefficient (Wildman–Crippen LogP) is 9.77. The summed E-state index contributed by atoms with van der Waals surface area (Å²) in [4.78, 5) is 2.00. The molecule has 0 saturated carbocycles. The Morgan fingerprint density at radius 1 is 0.436 bits per heavy atom. The third-order valence-corrected chi connectivity index (χ3v) is 7.36. The summed E-state index contributed by atoms with van der Waals surface area (Å²) in [6, 6.07) is 0. The van der Waals surface area contributed by atoms with Crippen LogP contribution in [0.25, 0.3) is 0 Å². The van der Waals surface area contributed by atoms with Gasteiger partial charge in [0.2, 0.25) is 0 Å². The molecule has 0 saturated heterocycles. The molecule has 0 spiro atoms. The molecule has 0 N–H and O–H groups in total. The van der Waals surface area contributed by atoms with E-state index in [0.29, 0.717) is 0 Å². The molecule has 0 aromatic heterocycles. The minimum atomic E-state index is -3.81. The van der Waals surface area contributed by atoms with E-state index in [4.69, 9.17) is 8.37 Å². The van der Waals surface area contributed by atoms with Gasteiger partial charge in [-0.3, -0.25) is 0 Å². The second-order valence-electron chi connectivity index (χ2n) is 11.2. The van der Waals surface area contributed by atoms with Crippen molar-refractivity contribution >= 4 is 56.9 Å². The summed E-state index contributed by atoms with van der Waals surface area (Å²) < 4.78 is 33.5. The van der Waals surface area contributed by atoms with Crippen molar-refractivity contribution in [3.8, 4) is 0 Å². The fraction of sp³-hybridized carbons (Fsp3) is 1.00. The molecule has 0 aromatic carbocycles. The first-order valence-corrected chi connectivity index (χ1v) is 17.3. The van der Waals surface area contributed by atoms with Crippen LogP contribution >= 0.6 is 17.0 Å². The molecule has 0 bridgehead atoms. The number of hydrogen-bond donors (Lipinski definition) is 0. The second-order valence-corrected chi connectivity index (χ2v) is 12.5. The van der Waals surface area contributed by atoms with Gasteiger partial charge in [0.25, 0.3) is 0 Å². The van der Waals surface area contributed by atoms with Crippen molar-refractivity contribution in [2.45, 2.75) is 168 Å². The topological polar surface area (TPSA) is 55.8 Å². The molecule has 0 atom stereocenters. The molecule has 8 heteroatoms. The quantitative estimate of drug-likeness (QED) is 0.0621. The van der Waals surface area contributed by atoms with Crippen LogP contribution in [0.3, 0.4) is 0 Å². The molecule has 0 aliphatic rings. The third-order valence-electron chi connectivity index (χ3n) is 6.45. The van der Waals surface area contributed by atoms with Gasteiger partial charge >= 0.3 is 40.0 Å². The van der Waals surface area contributed by atoms with Crippen molar-refractivity contribution in [1.29, 1.82) is 0 Å². The van der Waals surface area contributed by atoms with Gasteiger partial charge in [0.05, 0.1) is 13.2 Å². The maximum atomic E-state index is 11.8. The van der Waals surface area contributed by atoms with Crippen LogP contribution in [-0.2, 0) is 18.8 Å². The van der Waals surface area contributed by atoms with Gasteiger partial charge in [-0.2, -0.15) is 8.42 Å². The molecule has 0 aliphatic heterocycles. The SMILES string of the molecule is Br.CCCCCCCCCCCCCCCCOS(=O)(=O)OCCCCCCCCCCCC.CN(C)C.[NaH]. The molecule has 0 amide bonds. The Balaban J connectivity index is -0.000000948. The van der Waals surface area contributed by atoms with E-state index in [2.05, 4.69) is 13.8 Å². The first-order valence-electron chi connectivity index (χ1n) is 16.0. The molecular weight excluding hydrogens is 585 g/mol. The van der Waals surface area contributed by atoms with Gasteiger partial charge in [0.15, 0.2) is 0 Å². The molecule has 0 unspecified atom stereocenters. The zero-order valence-corrected chi connectivity index (χ0v) is 28.8. The number of unbranched alkanes of at least 4 members (excludes halogenated alkanes) is 22. The normalized spacial score (nSPS) is 11.0. The summed E-state index contributed by atoms with van der Waals surface area (Å²) in [6.45, 7) is 5.01. The molecule has 0 aromatic rings. The molecule has 0 rings (SSSR count). The Morgan fingerprint density at radius 2 is 0.615 bits per heavy atom. The second kappa shape index (κ2) is 39.3. The van der Waals surface area contributed by atoms with Gasteiger partial charge in [-0.05, 0) is 34.0 Å². The van der Waals surface area contributed by atoms with E-state index >= 15 is 0 Å². The van der Waals surface area contributed by atoms with E-state index in [1.807, 2.05) is 26.0 Å².